The smallest absolute Gasteiger partial charge is 0.462 e. The zero-order chi connectivity index (χ0) is 74.6. The van der Waals surface area contributed by atoms with Gasteiger partial charge in [0.2, 0.25) is 0 Å². The largest absolute Gasteiger partial charge is 0.472 e. The van der Waals surface area contributed by atoms with E-state index in [1.165, 1.54) is 103 Å². The van der Waals surface area contributed by atoms with Crippen LogP contribution in [0.2, 0.25) is 0 Å². The van der Waals surface area contributed by atoms with E-state index in [0.29, 0.717) is 25.7 Å². The minimum atomic E-state index is -5.00. The number of phosphoric acid groups is 2. The van der Waals surface area contributed by atoms with Crippen molar-refractivity contribution in [2.75, 3.05) is 39.6 Å². The Bertz CT molecular complexity index is 2360. The Morgan fingerprint density at radius 1 is 0.294 bits per heavy atom. The van der Waals surface area contributed by atoms with Crippen molar-refractivity contribution in [3.63, 3.8) is 0 Å². The first-order valence-electron chi connectivity index (χ1n) is 40.1. The molecule has 3 N–H and O–H groups in total. The first-order valence-corrected chi connectivity index (χ1v) is 43.1. The highest BCUT2D eigenvalue weighted by atomic mass is 31.2. The van der Waals surface area contributed by atoms with Gasteiger partial charge in [-0.15, -0.1) is 0 Å². The molecule has 0 aromatic carbocycles. The van der Waals surface area contributed by atoms with E-state index >= 15 is 0 Å². The number of aliphatic hydroxyl groups is 1. The number of esters is 4. The van der Waals surface area contributed by atoms with Gasteiger partial charge in [0.15, 0.2) is 12.2 Å². The summed E-state index contributed by atoms with van der Waals surface area (Å²) in [7, 11) is -9.98. The summed E-state index contributed by atoms with van der Waals surface area (Å²) in [4.78, 5) is 73.0. The number of allylic oxidation sites excluding steroid dienone is 17. The molecule has 0 amide bonds. The van der Waals surface area contributed by atoms with Crippen molar-refractivity contribution in [3.05, 3.63) is 109 Å². The molecule has 0 aliphatic rings. The van der Waals surface area contributed by atoms with Crippen molar-refractivity contribution in [1.82, 2.24) is 0 Å². The number of carbonyl (C=O) groups excluding carboxylic acids is 4. The van der Waals surface area contributed by atoms with Crippen molar-refractivity contribution >= 4 is 39.5 Å². The summed E-state index contributed by atoms with van der Waals surface area (Å²) in [6.45, 7) is 4.56. The summed E-state index contributed by atoms with van der Waals surface area (Å²) < 4.78 is 68.5. The van der Waals surface area contributed by atoms with Gasteiger partial charge in [-0.25, -0.2) is 9.13 Å². The fraction of sp³-hybridized carbons (Fsp3) is 0.735. The van der Waals surface area contributed by atoms with Crippen LogP contribution in [-0.4, -0.2) is 96.7 Å². The second-order valence-corrected chi connectivity index (χ2v) is 29.5. The maximum absolute atomic E-state index is 13.1. The number of carbonyl (C=O) groups is 4. The predicted molar refractivity (Wildman–Crippen MR) is 418 cm³/mol. The molecule has 0 fully saturated rings. The minimum Gasteiger partial charge on any atom is -0.462 e. The average Bonchev–Trinajstić information content (AvgIpc) is 0.926. The van der Waals surface area contributed by atoms with Gasteiger partial charge >= 0.3 is 39.5 Å². The Hall–Kier alpha value is -4.28. The van der Waals surface area contributed by atoms with Crippen LogP contribution in [0.5, 0.6) is 0 Å². The highest BCUT2D eigenvalue weighted by molar-refractivity contribution is 7.47. The number of rotatable bonds is 75. The van der Waals surface area contributed by atoms with Gasteiger partial charge in [0.1, 0.15) is 19.3 Å². The molecule has 0 bridgehead atoms. The Balaban J connectivity index is 5.41. The zero-order valence-corrected chi connectivity index (χ0v) is 66.0. The number of phosphoric ester groups is 2. The Morgan fingerprint density at radius 3 is 0.882 bits per heavy atom. The molecule has 19 heteroatoms. The molecule has 588 valence electrons. The first kappa shape index (κ1) is 97.7. The number of ether oxygens (including phenoxy) is 4. The van der Waals surface area contributed by atoms with E-state index in [9.17, 15) is 43.2 Å². The van der Waals surface area contributed by atoms with E-state index in [1.54, 1.807) is 6.08 Å². The molecular weight excluding hydrogens is 1330 g/mol. The summed E-state index contributed by atoms with van der Waals surface area (Å²) in [5.41, 5.74) is 0. The van der Waals surface area contributed by atoms with Crippen LogP contribution in [0.25, 0.3) is 0 Å². The third kappa shape index (κ3) is 74.0. The molecule has 5 atom stereocenters. The summed E-state index contributed by atoms with van der Waals surface area (Å²) in [6.07, 6.45) is 80.9. The van der Waals surface area contributed by atoms with Gasteiger partial charge in [-0.2, -0.15) is 0 Å². The molecule has 0 heterocycles. The lowest BCUT2D eigenvalue weighted by atomic mass is 10.0. The number of hydrogen-bond acceptors (Lipinski definition) is 15. The van der Waals surface area contributed by atoms with E-state index in [-0.39, 0.29) is 25.7 Å². The SMILES string of the molecule is CC/C=C\C/C=C\C/C=C\C/C=C\C/C=C\CC(=O)OCC(COP(=O)(O)OCC(O)COP(=O)(O)OCC(COC(=O)CCCCCCCCC/C=C\C/C=C\C/C=C\CC)OC(=O)CCCCCCCCCCCCCCCCC)OC(=O)CCCCCCC/C=C\CCCCCCCC. The molecule has 0 saturated heterocycles. The molecule has 0 saturated carbocycles. The lowest BCUT2D eigenvalue weighted by Crippen LogP contribution is -2.30. The summed E-state index contributed by atoms with van der Waals surface area (Å²) in [5, 5.41) is 10.6. The molecule has 0 rings (SSSR count). The Labute approximate surface area is 619 Å². The standard InChI is InChI=1S/C83H144O17P2/c1-5-9-13-17-21-25-29-33-37-38-42-44-48-52-56-60-64-68-81(86)94-74-79(100-83(88)70-66-62-58-54-50-46-41-36-32-28-24-20-16-12-8-4)76-98-102(91,92)96-72-77(84)71-95-101(89,90)97-75-78(99-82(87)69-65-61-57-53-49-45-40-35-31-27-23-19-15-11-7-3)73-93-80(85)67-63-59-55-51-47-43-39-34-30-26-22-18-14-10-6-2/h9-10,13-14,21-22,25-26,33-35,37,39-40,47,51,59,63,77-79,84H,5-8,11-12,15-20,23-24,27-32,36,38,41-46,48-50,52-58,60-62,64-76H2,1-4H3,(H,89,90)(H,91,92)/b13-9-,14-10-,25-21-,26-22-,37-33-,39-34-,40-35-,51-47-,63-59-. The molecule has 0 radical (unpaired) electrons. The number of hydrogen-bond donors (Lipinski definition) is 3. The van der Waals surface area contributed by atoms with E-state index in [0.717, 1.165) is 154 Å². The maximum atomic E-state index is 13.1. The van der Waals surface area contributed by atoms with Crippen LogP contribution in [0.15, 0.2) is 109 Å². The van der Waals surface area contributed by atoms with Gasteiger partial charge in [0, 0.05) is 19.3 Å². The van der Waals surface area contributed by atoms with E-state index in [1.807, 2.05) is 18.2 Å². The molecule has 102 heavy (non-hydrogen) atoms. The molecule has 17 nitrogen and oxygen atoms in total. The molecule has 0 aromatic rings. The van der Waals surface area contributed by atoms with Crippen LogP contribution in [0.3, 0.4) is 0 Å². The molecule has 0 spiro atoms. The predicted octanol–water partition coefficient (Wildman–Crippen LogP) is 23.3. The Morgan fingerprint density at radius 2 is 0.549 bits per heavy atom. The van der Waals surface area contributed by atoms with Crippen LogP contribution < -0.4 is 0 Å². The van der Waals surface area contributed by atoms with E-state index < -0.39 is 97.5 Å². The highest BCUT2D eigenvalue weighted by Crippen LogP contribution is 2.45. The average molecular weight is 1480 g/mol. The normalized spacial score (nSPS) is 14.5. The molecule has 0 aromatic heterocycles. The fourth-order valence-corrected chi connectivity index (χ4v) is 12.3. The van der Waals surface area contributed by atoms with Gasteiger partial charge in [-0.1, -0.05) is 310 Å². The van der Waals surface area contributed by atoms with Crippen LogP contribution in [0.1, 0.15) is 336 Å². The van der Waals surface area contributed by atoms with Crippen LogP contribution >= 0.6 is 15.6 Å². The van der Waals surface area contributed by atoms with Crippen LogP contribution in [0.4, 0.5) is 0 Å². The van der Waals surface area contributed by atoms with Crippen LogP contribution in [-0.2, 0) is 65.4 Å². The molecule has 0 aliphatic carbocycles. The van der Waals surface area contributed by atoms with Crippen molar-refractivity contribution < 1.29 is 80.2 Å². The van der Waals surface area contributed by atoms with E-state index in [4.69, 9.17) is 37.0 Å². The highest BCUT2D eigenvalue weighted by Gasteiger charge is 2.30. The number of aliphatic hydroxyl groups excluding tert-OH is 1. The Kier molecular flexibility index (Phi) is 71.8. The second-order valence-electron chi connectivity index (χ2n) is 26.6. The maximum Gasteiger partial charge on any atom is 0.472 e. The monoisotopic (exact) mass is 1470 g/mol. The third-order valence-electron chi connectivity index (χ3n) is 16.8. The number of unbranched alkanes of at least 4 members (excludes halogenated alkanes) is 32. The molecule has 0 aliphatic heterocycles. The second kappa shape index (κ2) is 75.0. The van der Waals surface area contributed by atoms with Crippen LogP contribution in [0, 0.1) is 0 Å². The molecule has 5 unspecified atom stereocenters. The van der Waals surface area contributed by atoms with Gasteiger partial charge in [-0.3, -0.25) is 37.3 Å². The van der Waals surface area contributed by atoms with Crippen molar-refractivity contribution in [1.29, 1.82) is 0 Å². The topological polar surface area (TPSA) is 237 Å². The first-order chi connectivity index (χ1) is 49.7. The van der Waals surface area contributed by atoms with E-state index in [2.05, 4.69) is 113 Å². The van der Waals surface area contributed by atoms with Gasteiger partial charge in [0.05, 0.1) is 32.8 Å². The van der Waals surface area contributed by atoms with Gasteiger partial charge < -0.3 is 33.8 Å². The van der Waals surface area contributed by atoms with Gasteiger partial charge in [0.25, 0.3) is 0 Å². The third-order valence-corrected chi connectivity index (χ3v) is 18.7. The minimum absolute atomic E-state index is 0.0656. The van der Waals surface area contributed by atoms with Crippen molar-refractivity contribution in [2.45, 2.75) is 354 Å². The summed E-state index contributed by atoms with van der Waals surface area (Å²) in [6, 6.07) is 0. The van der Waals surface area contributed by atoms with Gasteiger partial charge in [-0.05, 0) is 109 Å². The molecular formula is C83H144O17P2. The summed E-state index contributed by atoms with van der Waals surface area (Å²) in [5.74, 6) is -2.33. The lowest BCUT2D eigenvalue weighted by Gasteiger charge is -2.21. The summed E-state index contributed by atoms with van der Waals surface area (Å²) >= 11 is 0. The lowest BCUT2D eigenvalue weighted by molar-refractivity contribution is -0.161. The van der Waals surface area contributed by atoms with Crippen molar-refractivity contribution in [3.8, 4) is 0 Å². The zero-order valence-electron chi connectivity index (χ0n) is 64.3. The fourth-order valence-electron chi connectivity index (χ4n) is 10.7. The van der Waals surface area contributed by atoms with Crippen molar-refractivity contribution in [2.24, 2.45) is 0 Å². The quantitative estimate of drug-likeness (QED) is 0.0169.